The highest BCUT2D eigenvalue weighted by Gasteiger charge is 2.34. The minimum absolute atomic E-state index is 0.00480. The molecule has 2 fully saturated rings. The van der Waals surface area contributed by atoms with E-state index in [9.17, 15) is 9.50 Å². The molecule has 4 aromatic carbocycles. The normalized spacial score (nSPS) is 19.3. The fourth-order valence-electron chi connectivity index (χ4n) is 9.89. The minimum Gasteiger partial charge on any atom is -0.508 e. The predicted octanol–water partition coefficient (Wildman–Crippen LogP) is 10.4. The summed E-state index contributed by atoms with van der Waals surface area (Å²) in [5, 5.41) is 20.2. The Bertz CT molecular complexity index is 2760. The predicted molar refractivity (Wildman–Crippen MR) is 244 cm³/mol. The standard InChI is InChI=1S/C50H50F3N7O2S/c1-28-31(4)63-50-45(28)47(54-30(3)49-56-55-32(5)60(49)50)34-6-10-37(11-7-34)58-18-16-33(17-19-58)27-57-20-22-59(23-21-57)38-12-8-35(9-13-38)48-44(46-41(52)24-36(51)25-42(46)53)29(2)40-26-39(61)14-15-43(40)62-48/h6-15,24-26,30,33,48,61H,16-23,27H2,1-5H3/t30-,48-/m0/s1. The van der Waals surface area contributed by atoms with Crippen molar-refractivity contribution < 1.29 is 23.0 Å². The van der Waals surface area contributed by atoms with Crippen molar-refractivity contribution >= 4 is 39.6 Å². The van der Waals surface area contributed by atoms with Crippen molar-refractivity contribution in [2.45, 2.75) is 59.6 Å². The number of phenols is 1. The molecule has 13 heteroatoms. The Morgan fingerprint density at radius 3 is 2.10 bits per heavy atom. The number of benzene rings is 4. The monoisotopic (exact) mass is 869 g/mol. The van der Waals surface area contributed by atoms with E-state index in [0.29, 0.717) is 40.5 Å². The Balaban J connectivity index is 0.759. The maximum Gasteiger partial charge on any atom is 0.162 e. The van der Waals surface area contributed by atoms with Crippen LogP contribution < -0.4 is 14.5 Å². The summed E-state index contributed by atoms with van der Waals surface area (Å²) in [6.07, 6.45) is 1.45. The highest BCUT2D eigenvalue weighted by atomic mass is 32.1. The number of piperazine rings is 1. The summed E-state index contributed by atoms with van der Waals surface area (Å²) in [5.41, 5.74) is 8.61. The molecule has 0 radical (unpaired) electrons. The van der Waals surface area contributed by atoms with Crippen molar-refractivity contribution in [3.63, 3.8) is 0 Å². The summed E-state index contributed by atoms with van der Waals surface area (Å²) in [4.78, 5) is 14.0. The topological polar surface area (TPSA) is 82.2 Å². The number of halogens is 3. The number of aromatic hydroxyl groups is 1. The van der Waals surface area contributed by atoms with Gasteiger partial charge < -0.3 is 19.6 Å². The smallest absolute Gasteiger partial charge is 0.162 e. The molecule has 2 aromatic heterocycles. The van der Waals surface area contributed by atoms with Crippen molar-refractivity contribution in [2.75, 3.05) is 55.6 Å². The molecule has 9 nitrogen and oxygen atoms in total. The highest BCUT2D eigenvalue weighted by molar-refractivity contribution is 7.15. The van der Waals surface area contributed by atoms with Crippen molar-refractivity contribution in [3.05, 3.63) is 146 Å². The van der Waals surface area contributed by atoms with E-state index in [-0.39, 0.29) is 22.9 Å². The van der Waals surface area contributed by atoms with Crippen LogP contribution in [0.2, 0.25) is 0 Å². The van der Waals surface area contributed by atoms with Gasteiger partial charge in [-0.15, -0.1) is 21.5 Å². The van der Waals surface area contributed by atoms with E-state index in [2.05, 4.69) is 74.5 Å². The third kappa shape index (κ3) is 7.48. The molecular formula is C50H50F3N7O2S. The van der Waals surface area contributed by atoms with Crippen LogP contribution in [-0.2, 0) is 0 Å². The zero-order chi connectivity index (χ0) is 43.7. The van der Waals surface area contributed by atoms with Gasteiger partial charge in [0, 0.05) is 96.5 Å². The molecule has 63 heavy (non-hydrogen) atoms. The molecule has 6 heterocycles. The number of thiophene rings is 1. The second kappa shape index (κ2) is 16.3. The highest BCUT2D eigenvalue weighted by Crippen LogP contribution is 2.49. The molecule has 0 saturated carbocycles. The van der Waals surface area contributed by atoms with Gasteiger partial charge in [0.15, 0.2) is 5.82 Å². The molecule has 0 bridgehead atoms. The molecule has 2 saturated heterocycles. The number of allylic oxidation sites excluding steroid dienone is 1. The van der Waals surface area contributed by atoms with Crippen LogP contribution >= 0.6 is 11.3 Å². The number of hydrogen-bond acceptors (Lipinski definition) is 9. The van der Waals surface area contributed by atoms with Crippen LogP contribution in [-0.4, -0.2) is 76.3 Å². The Morgan fingerprint density at radius 1 is 0.762 bits per heavy atom. The number of aryl methyl sites for hydroxylation is 2. The molecule has 4 aliphatic heterocycles. The summed E-state index contributed by atoms with van der Waals surface area (Å²) in [6, 6.07) is 22.9. The lowest BCUT2D eigenvalue weighted by molar-refractivity contribution is 0.201. The number of fused-ring (bicyclic) bond motifs is 4. The summed E-state index contributed by atoms with van der Waals surface area (Å²) in [7, 11) is 0. The van der Waals surface area contributed by atoms with E-state index in [4.69, 9.17) is 9.73 Å². The molecule has 324 valence electrons. The van der Waals surface area contributed by atoms with E-state index < -0.39 is 23.6 Å². The number of rotatable bonds is 7. The zero-order valence-corrected chi connectivity index (χ0v) is 36.9. The van der Waals surface area contributed by atoms with Crippen molar-refractivity contribution in [1.82, 2.24) is 19.7 Å². The molecule has 4 aliphatic rings. The van der Waals surface area contributed by atoms with E-state index >= 15 is 8.78 Å². The summed E-state index contributed by atoms with van der Waals surface area (Å²) in [6.45, 7) is 17.1. The molecule has 6 aromatic rings. The van der Waals surface area contributed by atoms with E-state index in [0.717, 1.165) is 92.3 Å². The van der Waals surface area contributed by atoms with Crippen LogP contribution in [0.25, 0.3) is 16.1 Å². The van der Waals surface area contributed by atoms with Gasteiger partial charge in [0.05, 0.1) is 11.3 Å². The first-order valence-corrected chi connectivity index (χ1v) is 22.6. The average Bonchev–Trinajstić information content (AvgIpc) is 3.77. The van der Waals surface area contributed by atoms with Crippen LogP contribution in [0.15, 0.2) is 83.9 Å². The second-order valence-electron chi connectivity index (χ2n) is 17.4. The van der Waals surface area contributed by atoms with Gasteiger partial charge in [0.25, 0.3) is 0 Å². The quantitative estimate of drug-likeness (QED) is 0.171. The molecular weight excluding hydrogens is 820 g/mol. The fraction of sp³-hybridized carbons (Fsp3) is 0.340. The summed E-state index contributed by atoms with van der Waals surface area (Å²) >= 11 is 1.79. The van der Waals surface area contributed by atoms with E-state index in [1.54, 1.807) is 24.3 Å². The van der Waals surface area contributed by atoms with Crippen LogP contribution in [0.1, 0.15) is 88.7 Å². The molecule has 0 spiro atoms. The van der Waals surface area contributed by atoms with Crippen molar-refractivity contribution in [2.24, 2.45) is 10.9 Å². The van der Waals surface area contributed by atoms with E-state index in [1.807, 2.05) is 31.2 Å². The first kappa shape index (κ1) is 41.1. The first-order valence-electron chi connectivity index (χ1n) is 21.8. The van der Waals surface area contributed by atoms with Crippen LogP contribution in [0.4, 0.5) is 24.5 Å². The number of hydrogen-bond donors (Lipinski definition) is 1. The van der Waals surface area contributed by atoms with Gasteiger partial charge in [-0.3, -0.25) is 14.5 Å². The molecule has 10 rings (SSSR count). The lowest BCUT2D eigenvalue weighted by atomic mass is 9.85. The van der Waals surface area contributed by atoms with Gasteiger partial charge in [0.1, 0.15) is 51.9 Å². The van der Waals surface area contributed by atoms with Gasteiger partial charge in [-0.25, -0.2) is 13.2 Å². The van der Waals surface area contributed by atoms with Crippen LogP contribution in [0.5, 0.6) is 11.5 Å². The van der Waals surface area contributed by atoms with Gasteiger partial charge in [-0.2, -0.15) is 0 Å². The first-order chi connectivity index (χ1) is 30.4. The molecule has 1 N–H and O–H groups in total. The molecule has 0 aliphatic carbocycles. The Morgan fingerprint density at radius 2 is 1.41 bits per heavy atom. The summed E-state index contributed by atoms with van der Waals surface area (Å²) < 4.78 is 53.2. The van der Waals surface area contributed by atoms with Crippen molar-refractivity contribution in [3.8, 4) is 16.5 Å². The van der Waals surface area contributed by atoms with E-state index in [1.165, 1.54) is 33.8 Å². The molecule has 2 atom stereocenters. The second-order valence-corrected chi connectivity index (χ2v) is 18.6. The zero-order valence-electron chi connectivity index (χ0n) is 36.1. The third-order valence-electron chi connectivity index (χ3n) is 13.5. The minimum atomic E-state index is -1.01. The van der Waals surface area contributed by atoms with Gasteiger partial charge in [0.2, 0.25) is 0 Å². The van der Waals surface area contributed by atoms with Crippen molar-refractivity contribution in [1.29, 1.82) is 0 Å². The Hall–Kier alpha value is -5.92. The molecule has 0 amide bonds. The number of nitrogens with zero attached hydrogens (tertiary/aromatic N) is 7. The Kier molecular flexibility index (Phi) is 10.7. The lowest BCUT2D eigenvalue weighted by Gasteiger charge is -2.40. The largest absolute Gasteiger partial charge is 0.508 e. The van der Waals surface area contributed by atoms with Gasteiger partial charge in [-0.1, -0.05) is 24.3 Å². The summed E-state index contributed by atoms with van der Waals surface area (Å²) in [5.74, 6) is -0.0998. The van der Waals surface area contributed by atoms with Gasteiger partial charge >= 0.3 is 0 Å². The average molecular weight is 870 g/mol. The number of ether oxygens (including phenoxy) is 1. The lowest BCUT2D eigenvalue weighted by Crippen LogP contribution is -2.49. The fourth-order valence-corrected chi connectivity index (χ4v) is 11.1. The number of phenolic OH excluding ortho intramolecular Hbond substituents is 1. The van der Waals surface area contributed by atoms with Gasteiger partial charge in [-0.05, 0) is 113 Å². The molecule has 0 unspecified atom stereocenters. The number of aliphatic imine (C=N–C) groups is 1. The third-order valence-corrected chi connectivity index (χ3v) is 14.7. The Labute approximate surface area is 369 Å². The number of anilines is 2. The van der Waals surface area contributed by atoms with Crippen LogP contribution in [0.3, 0.4) is 0 Å². The number of piperidine rings is 1. The van der Waals surface area contributed by atoms with Crippen LogP contribution in [0, 0.1) is 44.1 Å². The maximum absolute atomic E-state index is 15.3. The maximum atomic E-state index is 15.3. The SMILES string of the molecule is CC1=C(c2c(F)cc(F)cc2F)[C@H](c2ccc(N3CCN(CC4CCN(c5ccc(C6=N[C@@H](C)c7nnc(C)n7-c7sc(C)c(C)c76)cc5)CC4)CC3)cc2)Oc2ccc(O)cc21. The number of aromatic nitrogens is 3.